The van der Waals surface area contributed by atoms with E-state index < -0.39 is 11.8 Å². The van der Waals surface area contributed by atoms with E-state index in [1.54, 1.807) is 0 Å². The van der Waals surface area contributed by atoms with Crippen LogP contribution >= 0.6 is 0 Å². The van der Waals surface area contributed by atoms with E-state index in [9.17, 15) is 0 Å². The molecule has 126 heavy (non-hydrogen) atoms. The first-order chi connectivity index (χ1) is 62.4. The van der Waals surface area contributed by atoms with Gasteiger partial charge >= 0.3 is 0 Å². The first-order valence-corrected chi connectivity index (χ1v) is 44.2. The molecule has 8 aliphatic heterocycles. The Hall–Kier alpha value is -10.0. The monoisotopic (exact) mass is 1720 g/mol. The second-order valence-corrected chi connectivity index (χ2v) is 32.2. The Morgan fingerprint density at radius 2 is 0.405 bits per heavy atom. The zero-order chi connectivity index (χ0) is 84.7. The summed E-state index contributed by atoms with van der Waals surface area (Å²) in [7, 11) is 0. The third-order valence-electron chi connectivity index (χ3n) is 22.5. The Balaban J connectivity index is 0.713. The first-order valence-electron chi connectivity index (χ1n) is 44.2. The van der Waals surface area contributed by atoms with Gasteiger partial charge in [0, 0.05) is 34.1 Å². The molecule has 0 amide bonds. The van der Waals surface area contributed by atoms with E-state index in [0.717, 1.165) is 132 Å². The van der Waals surface area contributed by atoms with Crippen molar-refractivity contribution in [1.82, 2.24) is 0 Å². The molecule has 8 atom stereocenters. The van der Waals surface area contributed by atoms with E-state index in [2.05, 4.69) is 170 Å². The summed E-state index contributed by atoms with van der Waals surface area (Å²) in [5, 5.41) is 0. The molecule has 10 aromatic rings. The standard InChI is InChI=1S/C102H110O24/c1-5-75(101(93-49-77(17-29-97(93)116-43-36-106-56-89-65-123-89)71-9-21-81(22-10-71)111-40-33-103-53-86-62-120-86)94-50-78(18-30-98(94)117-44-37-107-57-90-66-124-90)72-11-23-82(24-12-72)112-41-34-104-54-87-63-121-87)6-2-69(1)70-3-7-76(8-4-70)102(95-51-79(19-31-99(95)118-45-38-108-58-91-67-125-91)73-13-25-83(26-14-73)113-42-35-105-55-88-64-122-88)96-52-80(20-32-100(96)119-46-39-109-59-92-68-126-92)74-15-27-84(28-16-74)114-47-48-115-85-60-110-61-85/h1-32,49-52,85-92,101-102H,33-48,53-68H2. The SMILES string of the molecule is c1cc(-c2ccc(OCCOCC3CO3)c(C(c3ccc(-c4ccc(C(c5cc(-c6ccc(OCCOCC7CO7)cc6)ccc5OCCOCC5CO5)c5cc(-c6ccc(OCCOC7COC7)cc6)ccc5OCCOCC5CO5)cc4)cc3)c3cc(-c4ccc(OCCOCC5CO5)cc4)ccc3OCCOCC3CO3)c2)ccc1OCCOCC1CO1. The van der Waals surface area contributed by atoms with Crippen molar-refractivity contribution in [1.29, 1.82) is 0 Å². The molecular weight excluding hydrogens is 1610 g/mol. The van der Waals surface area contributed by atoms with Crippen molar-refractivity contribution in [2.24, 2.45) is 0 Å². The Kier molecular flexibility index (Phi) is 30.4. The fraction of sp³-hybridized carbons (Fsp3) is 0.412. The number of epoxide rings is 7. The van der Waals surface area contributed by atoms with Crippen LogP contribution in [0, 0.1) is 0 Å². The van der Waals surface area contributed by atoms with Crippen LogP contribution < -0.4 is 37.9 Å². The lowest BCUT2D eigenvalue weighted by Gasteiger charge is -2.26. The molecule has 0 radical (unpaired) electrons. The normalized spacial score (nSPS) is 19.7. The molecule has 0 aliphatic carbocycles. The molecule has 0 bridgehead atoms. The third-order valence-corrected chi connectivity index (χ3v) is 22.5. The minimum absolute atomic E-state index is 0.103. The van der Waals surface area contributed by atoms with Gasteiger partial charge in [0.15, 0.2) is 0 Å². The molecule has 662 valence electrons. The quantitative estimate of drug-likeness (QED) is 0.0195. The van der Waals surface area contributed by atoms with Gasteiger partial charge in [-0.05, 0) is 164 Å². The van der Waals surface area contributed by atoms with Gasteiger partial charge < -0.3 is 114 Å². The molecule has 0 N–H and O–H groups in total. The van der Waals surface area contributed by atoms with Crippen molar-refractivity contribution < 1.29 is 114 Å². The molecule has 8 fully saturated rings. The Bertz CT molecular complexity index is 4850. The van der Waals surface area contributed by atoms with Gasteiger partial charge in [0.2, 0.25) is 0 Å². The number of hydrogen-bond donors (Lipinski definition) is 0. The summed E-state index contributed by atoms with van der Waals surface area (Å²) in [6.45, 7) is 16.0. The Labute approximate surface area is 735 Å². The maximum Gasteiger partial charge on any atom is 0.123 e. The van der Waals surface area contributed by atoms with Gasteiger partial charge in [0.25, 0.3) is 0 Å². The van der Waals surface area contributed by atoms with Crippen molar-refractivity contribution in [3.05, 3.63) is 252 Å². The van der Waals surface area contributed by atoms with Gasteiger partial charge in [0.1, 0.15) is 148 Å². The highest BCUT2D eigenvalue weighted by molar-refractivity contribution is 5.75. The van der Waals surface area contributed by atoms with E-state index in [1.807, 2.05) is 48.5 Å². The smallest absolute Gasteiger partial charge is 0.123 e. The molecule has 8 unspecified atom stereocenters. The highest BCUT2D eigenvalue weighted by Crippen LogP contribution is 2.48. The number of benzene rings is 10. The van der Waals surface area contributed by atoms with Crippen LogP contribution in [-0.4, -0.2) is 260 Å². The van der Waals surface area contributed by atoms with Crippen molar-refractivity contribution in [3.8, 4) is 102 Å². The molecule has 0 spiro atoms. The van der Waals surface area contributed by atoms with E-state index in [1.165, 1.54) is 0 Å². The molecule has 8 aliphatic rings. The highest BCUT2D eigenvalue weighted by Gasteiger charge is 2.33. The average molecular weight is 1720 g/mol. The minimum atomic E-state index is -0.495. The van der Waals surface area contributed by atoms with Gasteiger partial charge in [-0.25, -0.2) is 0 Å². The fourth-order valence-electron chi connectivity index (χ4n) is 14.9. The summed E-state index contributed by atoms with van der Waals surface area (Å²) in [4.78, 5) is 0. The topological polar surface area (TPSA) is 245 Å². The predicted molar refractivity (Wildman–Crippen MR) is 470 cm³/mol. The van der Waals surface area contributed by atoms with E-state index >= 15 is 0 Å². The van der Waals surface area contributed by atoms with Gasteiger partial charge in [-0.15, -0.1) is 0 Å². The van der Waals surface area contributed by atoms with E-state index in [0.29, 0.717) is 215 Å². The van der Waals surface area contributed by atoms with Crippen LogP contribution in [-0.2, 0) is 75.8 Å². The lowest BCUT2D eigenvalue weighted by molar-refractivity contribution is -0.132. The van der Waals surface area contributed by atoms with Crippen LogP contribution in [0.4, 0.5) is 0 Å². The minimum Gasteiger partial charge on any atom is -0.491 e. The summed E-state index contributed by atoms with van der Waals surface area (Å²) in [6.07, 6.45) is 1.07. The molecule has 18 rings (SSSR count). The highest BCUT2D eigenvalue weighted by atomic mass is 16.6. The third kappa shape index (κ3) is 26.1. The maximum absolute atomic E-state index is 6.96. The van der Waals surface area contributed by atoms with Crippen LogP contribution in [0.15, 0.2) is 218 Å². The lowest BCUT2D eigenvalue weighted by atomic mass is 9.81. The second-order valence-electron chi connectivity index (χ2n) is 32.2. The van der Waals surface area contributed by atoms with E-state index in [-0.39, 0.29) is 48.8 Å². The summed E-state index contributed by atoms with van der Waals surface area (Å²) in [5.74, 6) is 4.72. The maximum atomic E-state index is 6.96. The zero-order valence-corrected chi connectivity index (χ0v) is 71.0. The van der Waals surface area contributed by atoms with E-state index in [4.69, 9.17) is 114 Å². The molecule has 8 heterocycles. The van der Waals surface area contributed by atoms with Gasteiger partial charge in [-0.2, -0.15) is 0 Å². The summed E-state index contributed by atoms with van der Waals surface area (Å²) in [5.41, 5.74) is 15.4. The number of hydrogen-bond acceptors (Lipinski definition) is 24. The fourth-order valence-corrected chi connectivity index (χ4v) is 14.9. The number of ether oxygens (including phenoxy) is 24. The van der Waals surface area contributed by atoms with Crippen molar-refractivity contribution in [3.63, 3.8) is 0 Å². The van der Waals surface area contributed by atoms with Crippen molar-refractivity contribution >= 4 is 0 Å². The van der Waals surface area contributed by atoms with Crippen LogP contribution in [0.2, 0.25) is 0 Å². The second kappa shape index (κ2) is 44.1. The summed E-state index contributed by atoms with van der Waals surface area (Å²) < 4.78 is 144. The molecular formula is C102H110O24. The Morgan fingerprint density at radius 3 is 0.619 bits per heavy atom. The van der Waals surface area contributed by atoms with Crippen molar-refractivity contribution in [2.75, 3.05) is 211 Å². The van der Waals surface area contributed by atoms with Crippen molar-refractivity contribution in [2.45, 2.75) is 60.7 Å². The Morgan fingerprint density at radius 1 is 0.206 bits per heavy atom. The molecule has 0 aromatic heterocycles. The van der Waals surface area contributed by atoms with Gasteiger partial charge in [-0.1, -0.05) is 121 Å². The summed E-state index contributed by atoms with van der Waals surface area (Å²) >= 11 is 0. The average Bonchev–Trinajstić information content (AvgIpc) is 1.41. The zero-order valence-electron chi connectivity index (χ0n) is 71.0. The summed E-state index contributed by atoms with van der Waals surface area (Å²) in [6, 6.07) is 76.3. The van der Waals surface area contributed by atoms with Gasteiger partial charge in [0.05, 0.1) is 159 Å². The largest absolute Gasteiger partial charge is 0.491 e. The predicted octanol–water partition coefficient (Wildman–Crippen LogP) is 14.7. The van der Waals surface area contributed by atoms with Gasteiger partial charge in [-0.3, -0.25) is 0 Å². The molecule has 0 saturated carbocycles. The number of rotatable bonds is 58. The van der Waals surface area contributed by atoms with Crippen LogP contribution in [0.1, 0.15) is 45.2 Å². The lowest BCUT2D eigenvalue weighted by Crippen LogP contribution is -2.37. The molecule has 10 aromatic carbocycles. The molecule has 24 nitrogen and oxygen atoms in total. The van der Waals surface area contributed by atoms with Crippen LogP contribution in [0.5, 0.6) is 46.0 Å². The molecule has 24 heteroatoms. The van der Waals surface area contributed by atoms with Crippen LogP contribution in [0.3, 0.4) is 0 Å². The van der Waals surface area contributed by atoms with Crippen LogP contribution in [0.25, 0.3) is 55.6 Å². The molecule has 8 saturated heterocycles. The first kappa shape index (κ1) is 86.7.